The molecule has 0 aliphatic rings. The summed E-state index contributed by atoms with van der Waals surface area (Å²) in [6, 6.07) is 3.30. The van der Waals surface area contributed by atoms with Crippen LogP contribution in [0.3, 0.4) is 0 Å². The number of aromatic hydroxyl groups is 1. The number of aromatic nitrogens is 3. The van der Waals surface area contributed by atoms with Crippen LogP contribution in [0.2, 0.25) is 0 Å². The van der Waals surface area contributed by atoms with Crippen molar-refractivity contribution in [2.45, 2.75) is 0 Å². The van der Waals surface area contributed by atoms with Crippen LogP contribution in [0, 0.1) is 0 Å². The fraction of sp³-hybridized carbons (Fsp3) is 0.111. The van der Waals surface area contributed by atoms with Crippen molar-refractivity contribution in [1.82, 2.24) is 14.8 Å². The summed E-state index contributed by atoms with van der Waals surface area (Å²) in [6.07, 6.45) is 3.12. The Hall–Kier alpha value is -1.84. The van der Waals surface area contributed by atoms with E-state index in [1.165, 1.54) is 6.20 Å². The Morgan fingerprint density at radius 1 is 1.54 bits per heavy atom. The lowest BCUT2D eigenvalue weighted by Gasteiger charge is -2.00. The Morgan fingerprint density at radius 2 is 2.38 bits per heavy atom. The molecular weight excluding hydrogens is 166 g/mol. The molecule has 13 heavy (non-hydrogen) atoms. The monoisotopic (exact) mass is 176 g/mol. The van der Waals surface area contributed by atoms with Crippen molar-refractivity contribution in [3.63, 3.8) is 0 Å². The van der Waals surface area contributed by atoms with Crippen molar-refractivity contribution in [2.24, 2.45) is 7.05 Å². The summed E-state index contributed by atoms with van der Waals surface area (Å²) in [7, 11) is 1.74. The van der Waals surface area contributed by atoms with Crippen molar-refractivity contribution in [3.8, 4) is 17.0 Å². The molecule has 0 bridgehead atoms. The van der Waals surface area contributed by atoms with E-state index in [2.05, 4.69) is 10.1 Å². The normalized spacial score (nSPS) is 11.3. The van der Waals surface area contributed by atoms with Gasteiger partial charge in [0, 0.05) is 25.0 Å². The summed E-state index contributed by atoms with van der Waals surface area (Å²) < 4.78 is 8.79. The third-order valence-electron chi connectivity index (χ3n) is 1.81. The van der Waals surface area contributed by atoms with Crippen molar-refractivity contribution in [2.75, 3.05) is 0 Å². The Morgan fingerprint density at radius 3 is 2.92 bits per heavy atom. The van der Waals surface area contributed by atoms with Gasteiger partial charge >= 0.3 is 0 Å². The van der Waals surface area contributed by atoms with Crippen LogP contribution < -0.4 is 0 Å². The first-order valence-corrected chi connectivity index (χ1v) is 3.82. The van der Waals surface area contributed by atoms with E-state index in [4.69, 9.17) is 1.37 Å². The van der Waals surface area contributed by atoms with Crippen LogP contribution in [0.4, 0.5) is 0 Å². The zero-order chi connectivity index (χ0) is 10.1. The second kappa shape index (κ2) is 2.90. The molecule has 2 aromatic heterocycles. The van der Waals surface area contributed by atoms with E-state index in [1.807, 2.05) is 0 Å². The highest BCUT2D eigenvalue weighted by Crippen LogP contribution is 2.26. The average Bonchev–Trinajstić information content (AvgIpc) is 2.49. The molecule has 0 atom stereocenters. The third-order valence-corrected chi connectivity index (χ3v) is 1.81. The van der Waals surface area contributed by atoms with Crippen LogP contribution in [0.15, 0.2) is 30.7 Å². The second-order valence-corrected chi connectivity index (χ2v) is 2.68. The number of pyridine rings is 1. The van der Waals surface area contributed by atoms with Gasteiger partial charge in [0.15, 0.2) is 5.75 Å². The third kappa shape index (κ3) is 1.26. The molecule has 0 spiro atoms. The largest absolute Gasteiger partial charge is 0.504 e. The van der Waals surface area contributed by atoms with Gasteiger partial charge in [-0.05, 0) is 12.1 Å². The molecule has 0 unspecified atom stereocenters. The molecule has 0 fully saturated rings. The Bertz CT molecular complexity index is 430. The molecular formula is C9H9N3O. The molecule has 0 saturated heterocycles. The van der Waals surface area contributed by atoms with Gasteiger partial charge in [-0.1, -0.05) is 0 Å². The van der Waals surface area contributed by atoms with Crippen molar-refractivity contribution in [3.05, 3.63) is 30.7 Å². The first-order valence-electron chi connectivity index (χ1n) is 4.32. The molecule has 2 heterocycles. The van der Waals surface area contributed by atoms with Crippen LogP contribution in [0.5, 0.6) is 5.75 Å². The number of rotatable bonds is 1. The van der Waals surface area contributed by atoms with E-state index in [1.54, 1.807) is 30.1 Å². The van der Waals surface area contributed by atoms with E-state index in [9.17, 15) is 5.11 Å². The van der Waals surface area contributed by atoms with E-state index in [-0.39, 0.29) is 11.9 Å². The lowest BCUT2D eigenvalue weighted by molar-refractivity contribution is 0.477. The second-order valence-electron chi connectivity index (χ2n) is 2.68. The maximum Gasteiger partial charge on any atom is 0.161 e. The van der Waals surface area contributed by atoms with Crippen molar-refractivity contribution in [1.29, 1.82) is 0 Å². The Balaban J connectivity index is 2.54. The van der Waals surface area contributed by atoms with Crippen LogP contribution in [0.25, 0.3) is 11.3 Å². The predicted molar refractivity (Wildman–Crippen MR) is 48.1 cm³/mol. The first kappa shape index (κ1) is 6.65. The molecule has 66 valence electrons. The zero-order valence-corrected chi connectivity index (χ0v) is 7.10. The van der Waals surface area contributed by atoms with E-state index < -0.39 is 0 Å². The Labute approximate surface area is 76.9 Å². The molecule has 2 rings (SSSR count). The lowest BCUT2D eigenvalue weighted by Crippen LogP contribution is -1.93. The molecule has 0 amide bonds. The number of hydrogen-bond acceptors (Lipinski definition) is 3. The number of aryl methyl sites for hydroxylation is 1. The zero-order valence-electron chi connectivity index (χ0n) is 8.10. The lowest BCUT2D eigenvalue weighted by atomic mass is 10.2. The fourth-order valence-electron chi connectivity index (χ4n) is 1.22. The van der Waals surface area contributed by atoms with Crippen molar-refractivity contribution >= 4 is 0 Å². The molecule has 0 saturated carbocycles. The smallest absolute Gasteiger partial charge is 0.161 e. The van der Waals surface area contributed by atoms with E-state index >= 15 is 0 Å². The standard InChI is InChI=1S/C9H9N3O/c1-12-9(8(13)6-11-12)7-3-2-4-10-5-7/h2-6,13H,1H3/i4D. The van der Waals surface area contributed by atoms with Gasteiger partial charge in [-0.2, -0.15) is 5.10 Å². The van der Waals surface area contributed by atoms with Gasteiger partial charge in [-0.3, -0.25) is 9.67 Å². The van der Waals surface area contributed by atoms with Crippen molar-refractivity contribution < 1.29 is 6.48 Å². The van der Waals surface area contributed by atoms with Gasteiger partial charge in [0.05, 0.1) is 7.57 Å². The maximum absolute atomic E-state index is 9.50. The Kier molecular flexibility index (Phi) is 1.48. The van der Waals surface area contributed by atoms with Crippen LogP contribution in [-0.4, -0.2) is 19.9 Å². The van der Waals surface area contributed by atoms with Gasteiger partial charge < -0.3 is 5.11 Å². The summed E-state index contributed by atoms with van der Waals surface area (Å²) >= 11 is 0. The fourth-order valence-corrected chi connectivity index (χ4v) is 1.22. The van der Waals surface area contributed by atoms with Gasteiger partial charge in [0.2, 0.25) is 0 Å². The minimum atomic E-state index is 0.118. The molecule has 2 aromatic rings. The number of nitrogens with zero attached hydrogens (tertiary/aromatic N) is 3. The molecule has 4 nitrogen and oxygen atoms in total. The number of hydrogen-bond donors (Lipinski definition) is 1. The topological polar surface area (TPSA) is 50.9 Å². The van der Waals surface area contributed by atoms with Crippen LogP contribution >= 0.6 is 0 Å². The highest BCUT2D eigenvalue weighted by atomic mass is 16.3. The van der Waals surface area contributed by atoms with Gasteiger partial charge in [0.25, 0.3) is 0 Å². The summed E-state index contributed by atoms with van der Waals surface area (Å²) in [5, 5.41) is 13.4. The maximum atomic E-state index is 9.50. The summed E-state index contributed by atoms with van der Waals surface area (Å²) in [5.74, 6) is 0.118. The van der Waals surface area contributed by atoms with Gasteiger partial charge in [0.1, 0.15) is 5.69 Å². The first-order chi connectivity index (χ1) is 6.68. The van der Waals surface area contributed by atoms with E-state index in [0.29, 0.717) is 5.69 Å². The molecule has 0 aliphatic heterocycles. The SMILES string of the molecule is [2H]c1ccc(-c2c(O)cnn2C)cn1. The highest BCUT2D eigenvalue weighted by Gasteiger charge is 2.08. The molecule has 4 heteroatoms. The van der Waals surface area contributed by atoms with Gasteiger partial charge in [-0.15, -0.1) is 0 Å². The van der Waals surface area contributed by atoms with Crippen LogP contribution in [-0.2, 0) is 7.05 Å². The minimum Gasteiger partial charge on any atom is -0.504 e. The summed E-state index contributed by atoms with van der Waals surface area (Å²) in [5.41, 5.74) is 1.36. The molecule has 0 aromatic carbocycles. The molecule has 1 N–H and O–H groups in total. The quantitative estimate of drug-likeness (QED) is 0.710. The molecule has 0 radical (unpaired) electrons. The highest BCUT2D eigenvalue weighted by molar-refractivity contribution is 5.64. The average molecular weight is 176 g/mol. The predicted octanol–water partition coefficient (Wildman–Crippen LogP) is 1.19. The van der Waals surface area contributed by atoms with Gasteiger partial charge in [-0.25, -0.2) is 0 Å². The minimum absolute atomic E-state index is 0.118. The summed E-state index contributed by atoms with van der Waals surface area (Å²) in [4.78, 5) is 3.83. The molecule has 0 aliphatic carbocycles. The van der Waals surface area contributed by atoms with Crippen LogP contribution in [0.1, 0.15) is 1.37 Å². The summed E-state index contributed by atoms with van der Waals surface area (Å²) in [6.45, 7) is 0. The van der Waals surface area contributed by atoms with E-state index in [0.717, 1.165) is 5.56 Å².